The van der Waals surface area contributed by atoms with Gasteiger partial charge in [-0.3, -0.25) is 9.79 Å². The van der Waals surface area contributed by atoms with E-state index < -0.39 is 0 Å². The van der Waals surface area contributed by atoms with Gasteiger partial charge < -0.3 is 15.5 Å². The lowest BCUT2D eigenvalue weighted by atomic mass is 9.88. The molecule has 30 heavy (non-hydrogen) atoms. The van der Waals surface area contributed by atoms with Gasteiger partial charge >= 0.3 is 0 Å². The van der Waals surface area contributed by atoms with Crippen LogP contribution in [0.2, 0.25) is 0 Å². The summed E-state index contributed by atoms with van der Waals surface area (Å²) in [4.78, 5) is 23.1. The second kappa shape index (κ2) is 9.73. The van der Waals surface area contributed by atoms with Crippen molar-refractivity contribution in [1.82, 2.24) is 30.3 Å². The fourth-order valence-corrected chi connectivity index (χ4v) is 4.37. The van der Waals surface area contributed by atoms with Crippen molar-refractivity contribution in [1.29, 1.82) is 0 Å². The Labute approximate surface area is 177 Å². The van der Waals surface area contributed by atoms with Gasteiger partial charge in [0.15, 0.2) is 5.96 Å². The SMILES string of the molecule is CN=C(NCc1ccc(-n2cncn2)cc1)NC1CCN(C(=O)C2CCCCC2)C1. The molecule has 1 aliphatic carbocycles. The van der Waals surface area contributed by atoms with Gasteiger partial charge in [-0.25, -0.2) is 9.67 Å². The first kappa shape index (κ1) is 20.4. The maximum Gasteiger partial charge on any atom is 0.225 e. The van der Waals surface area contributed by atoms with Crippen LogP contribution >= 0.6 is 0 Å². The zero-order valence-electron chi connectivity index (χ0n) is 17.6. The highest BCUT2D eigenvalue weighted by Gasteiger charge is 2.31. The summed E-state index contributed by atoms with van der Waals surface area (Å²) in [5, 5.41) is 11.0. The van der Waals surface area contributed by atoms with Crippen LogP contribution in [0.15, 0.2) is 41.9 Å². The van der Waals surface area contributed by atoms with Crippen molar-refractivity contribution < 1.29 is 4.79 Å². The fourth-order valence-electron chi connectivity index (χ4n) is 4.37. The molecule has 160 valence electrons. The number of rotatable bonds is 5. The predicted molar refractivity (Wildman–Crippen MR) is 116 cm³/mol. The molecule has 1 unspecified atom stereocenters. The van der Waals surface area contributed by atoms with Gasteiger partial charge in [0.2, 0.25) is 5.91 Å². The van der Waals surface area contributed by atoms with Crippen LogP contribution in [0.3, 0.4) is 0 Å². The van der Waals surface area contributed by atoms with Crippen molar-refractivity contribution >= 4 is 11.9 Å². The number of nitrogens with zero attached hydrogens (tertiary/aromatic N) is 5. The number of carbonyl (C=O) groups excluding carboxylic acids is 1. The summed E-state index contributed by atoms with van der Waals surface area (Å²) in [6, 6.07) is 8.43. The number of carbonyl (C=O) groups is 1. The summed E-state index contributed by atoms with van der Waals surface area (Å²) in [5.74, 6) is 1.37. The molecule has 1 atom stereocenters. The Hall–Kier alpha value is -2.90. The molecule has 2 heterocycles. The molecule has 1 aromatic heterocycles. The third kappa shape index (κ3) is 4.98. The van der Waals surface area contributed by atoms with Gasteiger partial charge in [0.05, 0.1) is 5.69 Å². The number of hydrogen-bond acceptors (Lipinski definition) is 4. The average molecular weight is 410 g/mol. The number of hydrogen-bond donors (Lipinski definition) is 2. The molecule has 0 radical (unpaired) electrons. The second-order valence-electron chi connectivity index (χ2n) is 8.18. The average Bonchev–Trinajstić information content (AvgIpc) is 3.49. The van der Waals surface area contributed by atoms with Crippen LogP contribution in [0, 0.1) is 5.92 Å². The summed E-state index contributed by atoms with van der Waals surface area (Å²) in [7, 11) is 1.78. The van der Waals surface area contributed by atoms with Crippen LogP contribution in [0.25, 0.3) is 5.69 Å². The molecular formula is C22H31N7O. The van der Waals surface area contributed by atoms with E-state index in [2.05, 4.69) is 37.8 Å². The minimum absolute atomic E-state index is 0.246. The van der Waals surface area contributed by atoms with Crippen LogP contribution in [0.4, 0.5) is 0 Å². The molecule has 1 saturated heterocycles. The number of aromatic nitrogens is 3. The molecule has 2 fully saturated rings. The zero-order valence-corrected chi connectivity index (χ0v) is 17.6. The summed E-state index contributed by atoms with van der Waals surface area (Å²) in [6.45, 7) is 2.28. The Kier molecular flexibility index (Phi) is 6.61. The summed E-state index contributed by atoms with van der Waals surface area (Å²) in [5.41, 5.74) is 2.13. The van der Waals surface area contributed by atoms with Gasteiger partial charge in [-0.15, -0.1) is 0 Å². The normalized spacial score (nSPS) is 20.4. The van der Waals surface area contributed by atoms with E-state index in [-0.39, 0.29) is 12.0 Å². The smallest absolute Gasteiger partial charge is 0.225 e. The summed E-state index contributed by atoms with van der Waals surface area (Å²) >= 11 is 0. The quantitative estimate of drug-likeness (QED) is 0.583. The van der Waals surface area contributed by atoms with Crippen molar-refractivity contribution in [2.24, 2.45) is 10.9 Å². The maximum absolute atomic E-state index is 12.8. The maximum atomic E-state index is 12.8. The van der Waals surface area contributed by atoms with E-state index >= 15 is 0 Å². The first-order valence-electron chi connectivity index (χ1n) is 10.9. The first-order chi connectivity index (χ1) is 14.7. The number of nitrogens with one attached hydrogen (secondary N) is 2. The minimum atomic E-state index is 0.246. The number of aliphatic imine (C=N–C) groups is 1. The van der Waals surface area contributed by atoms with Crippen LogP contribution in [-0.2, 0) is 11.3 Å². The minimum Gasteiger partial charge on any atom is -0.352 e. The highest BCUT2D eigenvalue weighted by Crippen LogP contribution is 2.26. The molecule has 1 aliphatic heterocycles. The van der Waals surface area contributed by atoms with Crippen LogP contribution in [0.1, 0.15) is 44.1 Å². The van der Waals surface area contributed by atoms with E-state index in [1.165, 1.54) is 25.6 Å². The van der Waals surface area contributed by atoms with Crippen molar-refractivity contribution in [3.8, 4) is 5.69 Å². The summed E-state index contributed by atoms with van der Waals surface area (Å²) in [6.07, 6.45) is 9.97. The molecule has 8 heteroatoms. The Balaban J connectivity index is 1.24. The van der Waals surface area contributed by atoms with E-state index in [1.807, 2.05) is 17.0 Å². The van der Waals surface area contributed by atoms with Crippen LogP contribution in [0.5, 0.6) is 0 Å². The van der Waals surface area contributed by atoms with Gasteiger partial charge in [0, 0.05) is 38.6 Å². The van der Waals surface area contributed by atoms with Crippen LogP contribution < -0.4 is 10.6 Å². The van der Waals surface area contributed by atoms with Gasteiger partial charge in [-0.1, -0.05) is 31.4 Å². The van der Waals surface area contributed by atoms with E-state index in [0.29, 0.717) is 12.5 Å². The second-order valence-corrected chi connectivity index (χ2v) is 8.18. The van der Waals surface area contributed by atoms with Gasteiger partial charge in [0.1, 0.15) is 12.7 Å². The van der Waals surface area contributed by atoms with E-state index in [9.17, 15) is 4.79 Å². The molecule has 0 bridgehead atoms. The highest BCUT2D eigenvalue weighted by atomic mass is 16.2. The third-order valence-electron chi connectivity index (χ3n) is 6.10. The number of amides is 1. The lowest BCUT2D eigenvalue weighted by Crippen LogP contribution is -2.45. The molecule has 2 aromatic rings. The van der Waals surface area contributed by atoms with Crippen molar-refractivity contribution in [3.05, 3.63) is 42.5 Å². The Morgan fingerprint density at radius 3 is 2.67 bits per heavy atom. The molecule has 1 saturated carbocycles. The predicted octanol–water partition coefficient (Wildman–Crippen LogP) is 2.11. The number of likely N-dealkylation sites (tertiary alicyclic amines) is 1. The van der Waals surface area contributed by atoms with Crippen molar-refractivity contribution in [3.63, 3.8) is 0 Å². The lowest BCUT2D eigenvalue weighted by molar-refractivity contribution is -0.135. The topological polar surface area (TPSA) is 87.4 Å². The molecule has 4 rings (SSSR count). The van der Waals surface area contributed by atoms with E-state index in [0.717, 1.165) is 49.6 Å². The molecule has 0 spiro atoms. The van der Waals surface area contributed by atoms with E-state index in [1.54, 1.807) is 18.1 Å². The molecule has 1 amide bonds. The lowest BCUT2D eigenvalue weighted by Gasteiger charge is -2.26. The molecule has 1 aromatic carbocycles. The summed E-state index contributed by atoms with van der Waals surface area (Å²) < 4.78 is 1.73. The number of guanidine groups is 1. The Bertz CT molecular complexity index is 841. The monoisotopic (exact) mass is 409 g/mol. The zero-order chi connectivity index (χ0) is 20.8. The van der Waals surface area contributed by atoms with Crippen molar-refractivity contribution in [2.45, 2.75) is 51.1 Å². The molecule has 8 nitrogen and oxygen atoms in total. The fraction of sp³-hybridized carbons (Fsp3) is 0.545. The van der Waals surface area contributed by atoms with Crippen molar-refractivity contribution in [2.75, 3.05) is 20.1 Å². The van der Waals surface area contributed by atoms with Crippen LogP contribution in [-0.4, -0.2) is 57.7 Å². The van der Waals surface area contributed by atoms with E-state index in [4.69, 9.17) is 0 Å². The molecule has 2 aliphatic rings. The van der Waals surface area contributed by atoms with Gasteiger partial charge in [-0.05, 0) is 37.0 Å². The number of benzene rings is 1. The van der Waals surface area contributed by atoms with Gasteiger partial charge in [0.25, 0.3) is 0 Å². The molecular weight excluding hydrogens is 378 g/mol. The first-order valence-corrected chi connectivity index (χ1v) is 10.9. The third-order valence-corrected chi connectivity index (χ3v) is 6.10. The Morgan fingerprint density at radius 2 is 1.97 bits per heavy atom. The molecule has 2 N–H and O–H groups in total. The Morgan fingerprint density at radius 1 is 1.17 bits per heavy atom. The highest BCUT2D eigenvalue weighted by molar-refractivity contribution is 5.81. The van der Waals surface area contributed by atoms with Gasteiger partial charge in [-0.2, -0.15) is 5.10 Å². The standard InChI is InChI=1S/C22H31N7O/c1-23-22(25-13-17-7-9-20(10-8-17)29-16-24-15-26-29)27-19-11-12-28(14-19)21(30)18-5-3-2-4-6-18/h7-10,15-16,18-19H,2-6,11-14H2,1H3,(H2,23,25,27). The largest absolute Gasteiger partial charge is 0.352 e.